The van der Waals surface area contributed by atoms with Crippen molar-refractivity contribution in [2.75, 3.05) is 13.1 Å². The molecule has 7 heteroatoms. The lowest BCUT2D eigenvalue weighted by atomic mass is 10.0. The van der Waals surface area contributed by atoms with E-state index in [1.807, 2.05) is 20.8 Å². The first-order valence-electron chi connectivity index (χ1n) is 5.36. The van der Waals surface area contributed by atoms with E-state index in [1.54, 1.807) is 0 Å². The second kappa shape index (κ2) is 6.16. The van der Waals surface area contributed by atoms with E-state index in [9.17, 15) is 8.42 Å². The highest BCUT2D eigenvalue weighted by Gasteiger charge is 2.32. The molecule has 3 N–H and O–H groups in total. The number of rotatable bonds is 4. The standard InChI is InChI=1S/C9H21N3O2S.ClH/c1-7(2)11-15(13,14)12-5-4-9(6-12)8(3)10;/h7-9,11H,4-6,10H2,1-3H3;1H. The average molecular weight is 272 g/mol. The molecule has 1 heterocycles. The van der Waals surface area contributed by atoms with Crippen LogP contribution in [0.1, 0.15) is 27.2 Å². The molecule has 0 aliphatic carbocycles. The van der Waals surface area contributed by atoms with Gasteiger partial charge in [0.25, 0.3) is 10.2 Å². The maximum absolute atomic E-state index is 11.8. The Balaban J connectivity index is 0.00000225. The molecule has 0 radical (unpaired) electrons. The molecule has 1 aliphatic rings. The Hall–Kier alpha value is 0.120. The Morgan fingerprint density at radius 1 is 1.38 bits per heavy atom. The zero-order valence-electron chi connectivity index (χ0n) is 10.0. The molecule has 1 fully saturated rings. The summed E-state index contributed by atoms with van der Waals surface area (Å²) in [4.78, 5) is 0. The Bertz CT molecular complexity index is 306. The minimum atomic E-state index is -3.30. The largest absolute Gasteiger partial charge is 0.328 e. The van der Waals surface area contributed by atoms with Gasteiger partial charge in [-0.15, -0.1) is 12.4 Å². The lowest BCUT2D eigenvalue weighted by Crippen LogP contribution is -2.43. The lowest BCUT2D eigenvalue weighted by Gasteiger charge is -2.19. The fourth-order valence-corrected chi connectivity index (χ4v) is 3.25. The van der Waals surface area contributed by atoms with Gasteiger partial charge in [0.2, 0.25) is 0 Å². The van der Waals surface area contributed by atoms with Crippen LogP contribution in [0.5, 0.6) is 0 Å². The van der Waals surface area contributed by atoms with Gasteiger partial charge in [-0.3, -0.25) is 0 Å². The van der Waals surface area contributed by atoms with Crippen molar-refractivity contribution in [1.82, 2.24) is 9.03 Å². The van der Waals surface area contributed by atoms with E-state index in [2.05, 4.69) is 4.72 Å². The molecular weight excluding hydrogens is 250 g/mol. The third kappa shape index (κ3) is 4.18. The third-order valence-corrected chi connectivity index (χ3v) is 4.44. The van der Waals surface area contributed by atoms with Gasteiger partial charge >= 0.3 is 0 Å². The third-order valence-electron chi connectivity index (χ3n) is 2.66. The molecule has 0 spiro atoms. The molecule has 2 atom stereocenters. The molecule has 0 amide bonds. The highest BCUT2D eigenvalue weighted by atomic mass is 35.5. The fraction of sp³-hybridized carbons (Fsp3) is 1.00. The van der Waals surface area contributed by atoms with Crippen molar-refractivity contribution in [3.05, 3.63) is 0 Å². The van der Waals surface area contributed by atoms with E-state index >= 15 is 0 Å². The van der Waals surface area contributed by atoms with Crippen LogP contribution in [-0.2, 0) is 10.2 Å². The Morgan fingerprint density at radius 3 is 2.31 bits per heavy atom. The van der Waals surface area contributed by atoms with Crippen molar-refractivity contribution in [1.29, 1.82) is 0 Å². The number of nitrogens with two attached hydrogens (primary N) is 1. The van der Waals surface area contributed by atoms with Crippen molar-refractivity contribution < 1.29 is 8.42 Å². The molecule has 1 saturated heterocycles. The summed E-state index contributed by atoms with van der Waals surface area (Å²) in [6.45, 7) is 6.68. The molecule has 0 aromatic rings. The van der Waals surface area contributed by atoms with Gasteiger partial charge in [0, 0.05) is 25.2 Å². The summed E-state index contributed by atoms with van der Waals surface area (Å²) in [6, 6.07) is -0.00593. The summed E-state index contributed by atoms with van der Waals surface area (Å²) < 4.78 is 27.6. The van der Waals surface area contributed by atoms with Gasteiger partial charge in [-0.05, 0) is 33.1 Å². The zero-order valence-corrected chi connectivity index (χ0v) is 11.6. The normalized spacial score (nSPS) is 24.4. The van der Waals surface area contributed by atoms with Crippen LogP contribution in [0.15, 0.2) is 0 Å². The van der Waals surface area contributed by atoms with E-state index in [-0.39, 0.29) is 30.4 Å². The molecule has 5 nitrogen and oxygen atoms in total. The summed E-state index contributed by atoms with van der Waals surface area (Å²) in [5.41, 5.74) is 5.76. The highest BCUT2D eigenvalue weighted by molar-refractivity contribution is 7.87. The van der Waals surface area contributed by atoms with E-state index < -0.39 is 10.2 Å². The molecule has 2 unspecified atom stereocenters. The van der Waals surface area contributed by atoms with Crippen molar-refractivity contribution in [2.24, 2.45) is 11.7 Å². The molecule has 0 aromatic carbocycles. The predicted molar refractivity (Wildman–Crippen MR) is 67.8 cm³/mol. The van der Waals surface area contributed by atoms with Crippen molar-refractivity contribution in [3.63, 3.8) is 0 Å². The van der Waals surface area contributed by atoms with Crippen molar-refractivity contribution >= 4 is 22.6 Å². The first-order valence-corrected chi connectivity index (χ1v) is 6.80. The maximum Gasteiger partial charge on any atom is 0.279 e. The van der Waals surface area contributed by atoms with Crippen molar-refractivity contribution in [2.45, 2.75) is 39.3 Å². The summed E-state index contributed by atoms with van der Waals surface area (Å²) in [6.07, 6.45) is 0.858. The van der Waals surface area contributed by atoms with Crippen LogP contribution in [0, 0.1) is 5.92 Å². The molecule has 0 saturated carbocycles. The Morgan fingerprint density at radius 2 is 1.94 bits per heavy atom. The maximum atomic E-state index is 11.8. The van der Waals surface area contributed by atoms with Crippen LogP contribution in [0.4, 0.5) is 0 Å². The second-order valence-electron chi connectivity index (χ2n) is 4.54. The van der Waals surface area contributed by atoms with E-state index in [0.29, 0.717) is 13.1 Å². The molecule has 16 heavy (non-hydrogen) atoms. The quantitative estimate of drug-likeness (QED) is 0.773. The smallest absolute Gasteiger partial charge is 0.279 e. The molecule has 1 aliphatic heterocycles. The van der Waals surface area contributed by atoms with Gasteiger partial charge in [-0.1, -0.05) is 0 Å². The highest BCUT2D eigenvalue weighted by Crippen LogP contribution is 2.20. The molecular formula is C9H22ClN3O2S. The van der Waals surface area contributed by atoms with Crippen LogP contribution < -0.4 is 10.5 Å². The van der Waals surface area contributed by atoms with Crippen LogP contribution in [-0.4, -0.2) is 37.9 Å². The SMILES string of the molecule is CC(C)NS(=O)(=O)N1CCC(C(C)N)C1.Cl. The van der Waals surface area contributed by atoms with E-state index in [1.165, 1.54) is 4.31 Å². The minimum Gasteiger partial charge on any atom is -0.328 e. The molecule has 0 aromatic heterocycles. The number of hydrogen-bond donors (Lipinski definition) is 2. The van der Waals surface area contributed by atoms with Gasteiger partial charge in [0.1, 0.15) is 0 Å². The Labute approximate surface area is 104 Å². The number of halogens is 1. The van der Waals surface area contributed by atoms with Gasteiger partial charge in [-0.2, -0.15) is 17.4 Å². The van der Waals surface area contributed by atoms with Gasteiger partial charge in [-0.25, -0.2) is 0 Å². The lowest BCUT2D eigenvalue weighted by molar-refractivity contribution is 0.420. The van der Waals surface area contributed by atoms with Crippen LogP contribution in [0.2, 0.25) is 0 Å². The molecule has 1 rings (SSSR count). The minimum absolute atomic E-state index is 0. The van der Waals surface area contributed by atoms with Gasteiger partial charge in [0.05, 0.1) is 0 Å². The topological polar surface area (TPSA) is 75.4 Å². The summed E-state index contributed by atoms with van der Waals surface area (Å²) in [7, 11) is -3.30. The fourth-order valence-electron chi connectivity index (χ4n) is 1.77. The van der Waals surface area contributed by atoms with Gasteiger partial charge < -0.3 is 5.73 Å². The van der Waals surface area contributed by atoms with E-state index in [0.717, 1.165) is 6.42 Å². The number of hydrogen-bond acceptors (Lipinski definition) is 3. The number of nitrogens with one attached hydrogen (secondary N) is 1. The summed E-state index contributed by atoms with van der Waals surface area (Å²) >= 11 is 0. The van der Waals surface area contributed by atoms with Crippen LogP contribution >= 0.6 is 12.4 Å². The first-order chi connectivity index (χ1) is 6.83. The Kier molecular flexibility index (Phi) is 6.21. The monoisotopic (exact) mass is 271 g/mol. The second-order valence-corrected chi connectivity index (χ2v) is 6.25. The van der Waals surface area contributed by atoms with Crippen LogP contribution in [0.3, 0.4) is 0 Å². The van der Waals surface area contributed by atoms with Gasteiger partial charge in [0.15, 0.2) is 0 Å². The first kappa shape index (κ1) is 16.1. The molecule has 0 bridgehead atoms. The zero-order chi connectivity index (χ0) is 11.6. The summed E-state index contributed by atoms with van der Waals surface area (Å²) in [5, 5.41) is 0. The number of nitrogens with zero attached hydrogens (tertiary/aromatic N) is 1. The average Bonchev–Trinajstić information content (AvgIpc) is 2.48. The predicted octanol–water partition coefficient (Wildman–Crippen LogP) is 0.320. The van der Waals surface area contributed by atoms with Crippen LogP contribution in [0.25, 0.3) is 0 Å². The van der Waals surface area contributed by atoms with Crippen molar-refractivity contribution in [3.8, 4) is 0 Å². The molecule has 98 valence electrons. The summed E-state index contributed by atoms with van der Waals surface area (Å²) in [5.74, 6) is 0.286. The van der Waals surface area contributed by atoms with E-state index in [4.69, 9.17) is 5.73 Å².